The summed E-state index contributed by atoms with van der Waals surface area (Å²) in [5, 5.41) is 0.269. The summed E-state index contributed by atoms with van der Waals surface area (Å²) in [5.74, 6) is 0.653. The van der Waals surface area contributed by atoms with Crippen molar-refractivity contribution >= 4 is 22.8 Å². The molecule has 0 spiro atoms. The quantitative estimate of drug-likeness (QED) is 0.673. The second-order valence-corrected chi connectivity index (χ2v) is 5.99. The van der Waals surface area contributed by atoms with Crippen LogP contribution in [0.2, 0.25) is 0 Å². The zero-order valence-corrected chi connectivity index (χ0v) is 12.7. The number of thioether (sulfide) groups is 1. The molecule has 4 heteroatoms. The molecule has 0 fully saturated rings. The predicted molar refractivity (Wildman–Crippen MR) is 84.5 cm³/mol. The van der Waals surface area contributed by atoms with Gasteiger partial charge in [-0.15, -0.1) is 0 Å². The third-order valence-electron chi connectivity index (χ3n) is 3.04. The minimum Gasteiger partial charge on any atom is -0.370 e. The summed E-state index contributed by atoms with van der Waals surface area (Å²) in [6, 6.07) is 10.1. The maximum absolute atomic E-state index is 11.7. The fourth-order valence-corrected chi connectivity index (χ4v) is 2.73. The highest BCUT2D eigenvalue weighted by molar-refractivity contribution is 8.13. The maximum atomic E-state index is 11.7. The van der Waals surface area contributed by atoms with Crippen molar-refractivity contribution in [2.75, 3.05) is 5.75 Å². The van der Waals surface area contributed by atoms with Crippen LogP contribution in [-0.4, -0.2) is 16.8 Å². The highest BCUT2D eigenvalue weighted by Crippen LogP contribution is 2.13. The van der Waals surface area contributed by atoms with Crippen molar-refractivity contribution in [1.82, 2.24) is 0 Å². The number of carbonyl (C=O) groups excluding carboxylic acids is 2. The summed E-state index contributed by atoms with van der Waals surface area (Å²) >= 11 is 1.43. The van der Waals surface area contributed by atoms with Gasteiger partial charge in [-0.2, -0.15) is 0 Å². The summed E-state index contributed by atoms with van der Waals surface area (Å²) in [4.78, 5) is 22.2. The van der Waals surface area contributed by atoms with Crippen LogP contribution in [0.3, 0.4) is 0 Å². The van der Waals surface area contributed by atoms with Gasteiger partial charge in [0.15, 0.2) is 5.12 Å². The molecule has 3 nitrogen and oxygen atoms in total. The van der Waals surface area contributed by atoms with Crippen molar-refractivity contribution in [3.8, 4) is 0 Å². The van der Waals surface area contributed by atoms with Gasteiger partial charge in [0, 0.05) is 18.6 Å². The maximum Gasteiger partial charge on any atom is 0.217 e. The van der Waals surface area contributed by atoms with E-state index in [2.05, 4.69) is 12.1 Å². The number of amides is 1. The van der Waals surface area contributed by atoms with Gasteiger partial charge in [0.25, 0.3) is 0 Å². The van der Waals surface area contributed by atoms with Crippen LogP contribution < -0.4 is 5.73 Å². The molecule has 20 heavy (non-hydrogen) atoms. The molecule has 0 aromatic heterocycles. The Morgan fingerprint density at radius 1 is 0.950 bits per heavy atom. The van der Waals surface area contributed by atoms with Crippen molar-refractivity contribution in [2.45, 2.75) is 44.9 Å². The second kappa shape index (κ2) is 10.5. The van der Waals surface area contributed by atoms with E-state index in [-0.39, 0.29) is 11.0 Å². The van der Waals surface area contributed by atoms with E-state index in [1.807, 2.05) is 18.2 Å². The fraction of sp³-hybridized carbons (Fsp3) is 0.500. The lowest BCUT2D eigenvalue weighted by Crippen LogP contribution is -2.09. The summed E-state index contributed by atoms with van der Waals surface area (Å²) in [6.45, 7) is 0. The molecular formula is C16H23NO2S. The topological polar surface area (TPSA) is 60.2 Å². The van der Waals surface area contributed by atoms with Crippen LogP contribution in [-0.2, 0) is 16.0 Å². The molecule has 0 bridgehead atoms. The molecule has 1 aromatic rings. The van der Waals surface area contributed by atoms with E-state index < -0.39 is 0 Å². The second-order valence-electron chi connectivity index (χ2n) is 4.84. The summed E-state index contributed by atoms with van der Waals surface area (Å²) in [6.07, 6.45) is 5.88. The molecule has 2 N–H and O–H groups in total. The molecule has 1 rings (SSSR count). The smallest absolute Gasteiger partial charge is 0.217 e. The Labute approximate surface area is 125 Å². The number of benzene rings is 1. The average Bonchev–Trinajstić information content (AvgIpc) is 2.45. The van der Waals surface area contributed by atoms with E-state index in [1.165, 1.54) is 17.3 Å². The number of aryl methyl sites for hydroxylation is 1. The lowest BCUT2D eigenvalue weighted by atomic mass is 10.1. The molecule has 0 radical (unpaired) electrons. The largest absolute Gasteiger partial charge is 0.370 e. The molecule has 0 aliphatic heterocycles. The third-order valence-corrected chi connectivity index (χ3v) is 4.06. The molecule has 1 aromatic carbocycles. The van der Waals surface area contributed by atoms with Crippen molar-refractivity contribution in [3.05, 3.63) is 35.9 Å². The molecular weight excluding hydrogens is 270 g/mol. The Bertz CT molecular complexity index is 406. The van der Waals surface area contributed by atoms with Crippen LogP contribution in [0.4, 0.5) is 0 Å². The van der Waals surface area contributed by atoms with E-state index in [4.69, 9.17) is 5.73 Å². The van der Waals surface area contributed by atoms with Crippen molar-refractivity contribution in [1.29, 1.82) is 0 Å². The van der Waals surface area contributed by atoms with Crippen LogP contribution in [0.25, 0.3) is 0 Å². The zero-order valence-electron chi connectivity index (χ0n) is 11.8. The number of rotatable bonds is 10. The Morgan fingerprint density at radius 2 is 1.65 bits per heavy atom. The van der Waals surface area contributed by atoms with Gasteiger partial charge in [-0.3, -0.25) is 9.59 Å². The summed E-state index contributed by atoms with van der Waals surface area (Å²) in [7, 11) is 0. The van der Waals surface area contributed by atoms with Crippen molar-refractivity contribution in [3.63, 3.8) is 0 Å². The van der Waals surface area contributed by atoms with Gasteiger partial charge in [-0.1, -0.05) is 54.9 Å². The van der Waals surface area contributed by atoms with Gasteiger partial charge >= 0.3 is 0 Å². The minimum absolute atomic E-state index is 0.226. The summed E-state index contributed by atoms with van der Waals surface area (Å²) in [5.41, 5.74) is 6.28. The van der Waals surface area contributed by atoms with Crippen LogP contribution in [0, 0.1) is 0 Å². The molecule has 0 saturated carbocycles. The Balaban J connectivity index is 1.96. The molecule has 110 valence electrons. The number of hydrogen-bond donors (Lipinski definition) is 1. The van der Waals surface area contributed by atoms with Crippen molar-refractivity contribution in [2.24, 2.45) is 5.73 Å². The highest BCUT2D eigenvalue weighted by Gasteiger charge is 2.03. The number of primary amides is 1. The van der Waals surface area contributed by atoms with Gasteiger partial charge in [-0.05, 0) is 24.8 Å². The van der Waals surface area contributed by atoms with Crippen LogP contribution in [0.15, 0.2) is 30.3 Å². The van der Waals surface area contributed by atoms with E-state index in [0.29, 0.717) is 12.8 Å². The Kier molecular flexibility index (Phi) is 8.79. The van der Waals surface area contributed by atoms with Crippen molar-refractivity contribution < 1.29 is 9.59 Å². The first-order valence-corrected chi connectivity index (χ1v) is 8.15. The Hall–Kier alpha value is -1.29. The minimum atomic E-state index is -0.226. The normalized spacial score (nSPS) is 10.4. The standard InChI is InChI=1S/C16H23NO2S/c17-15(18)10-6-1-2-7-13-20-16(19)12-11-14-8-4-3-5-9-14/h3-5,8-9H,1-2,6-7,10-13H2,(H2,17,18). The average molecular weight is 293 g/mol. The van der Waals surface area contributed by atoms with Gasteiger partial charge in [0.2, 0.25) is 5.91 Å². The monoisotopic (exact) mass is 293 g/mol. The molecule has 0 atom stereocenters. The predicted octanol–water partition coefficient (Wildman–Crippen LogP) is 3.31. The molecule has 1 amide bonds. The molecule has 0 unspecified atom stereocenters. The van der Waals surface area contributed by atoms with Gasteiger partial charge < -0.3 is 5.73 Å². The highest BCUT2D eigenvalue weighted by atomic mass is 32.2. The summed E-state index contributed by atoms with van der Waals surface area (Å²) < 4.78 is 0. The van der Waals surface area contributed by atoms with E-state index >= 15 is 0 Å². The number of unbranched alkanes of at least 4 members (excludes halogenated alkanes) is 3. The molecule has 0 aliphatic rings. The fourth-order valence-electron chi connectivity index (χ4n) is 1.90. The first kappa shape index (κ1) is 16.8. The van der Waals surface area contributed by atoms with E-state index in [1.54, 1.807) is 0 Å². The van der Waals surface area contributed by atoms with Gasteiger partial charge in [0.05, 0.1) is 0 Å². The number of carbonyl (C=O) groups is 2. The molecule has 0 heterocycles. The van der Waals surface area contributed by atoms with E-state index in [9.17, 15) is 9.59 Å². The molecule has 0 saturated heterocycles. The van der Waals surface area contributed by atoms with Crippen LogP contribution in [0.5, 0.6) is 0 Å². The van der Waals surface area contributed by atoms with Crippen LogP contribution >= 0.6 is 11.8 Å². The first-order chi connectivity index (χ1) is 9.68. The SMILES string of the molecule is NC(=O)CCCCCCSC(=O)CCc1ccccc1. The number of hydrogen-bond acceptors (Lipinski definition) is 3. The lowest BCUT2D eigenvalue weighted by Gasteiger charge is -2.02. The zero-order chi connectivity index (χ0) is 14.6. The van der Waals surface area contributed by atoms with Crippen LogP contribution in [0.1, 0.15) is 44.1 Å². The number of nitrogens with two attached hydrogens (primary N) is 1. The first-order valence-electron chi connectivity index (χ1n) is 7.16. The molecule has 0 aliphatic carbocycles. The van der Waals surface area contributed by atoms with Gasteiger partial charge in [0.1, 0.15) is 0 Å². The lowest BCUT2D eigenvalue weighted by molar-refractivity contribution is -0.118. The van der Waals surface area contributed by atoms with E-state index in [0.717, 1.165) is 37.9 Å². The third kappa shape index (κ3) is 8.75. The Morgan fingerprint density at radius 3 is 2.35 bits per heavy atom. The van der Waals surface area contributed by atoms with Gasteiger partial charge in [-0.25, -0.2) is 0 Å².